The van der Waals surface area contributed by atoms with Crippen LogP contribution >= 0.6 is 34.8 Å². The number of unbranched alkanes of at least 4 members (excludes halogenated alkanes) is 10. The molecule has 0 saturated heterocycles. The van der Waals surface area contributed by atoms with Crippen molar-refractivity contribution in [2.24, 2.45) is 15.3 Å². The fraction of sp³-hybridized carbons (Fsp3) is 0.483. The minimum atomic E-state index is -1.21. The van der Waals surface area contributed by atoms with Crippen molar-refractivity contribution in [3.05, 3.63) is 51.5 Å². The summed E-state index contributed by atoms with van der Waals surface area (Å²) in [5.74, 6) is -0.741. The van der Waals surface area contributed by atoms with Gasteiger partial charge in [-0.25, -0.2) is 0 Å². The van der Waals surface area contributed by atoms with Gasteiger partial charge in [0.05, 0.1) is 15.7 Å². The van der Waals surface area contributed by atoms with Crippen LogP contribution in [0.15, 0.2) is 51.7 Å². The third-order valence-electron chi connectivity index (χ3n) is 6.52. The van der Waals surface area contributed by atoms with E-state index in [1.165, 1.54) is 75.6 Å². The van der Waals surface area contributed by atoms with E-state index in [0.717, 1.165) is 24.3 Å². The molecule has 8 nitrogen and oxygen atoms in total. The summed E-state index contributed by atoms with van der Waals surface area (Å²) in [4.78, 5) is 26.1. The molecule has 1 unspecified atom stereocenters. The Morgan fingerprint density at radius 1 is 0.925 bits per heavy atom. The largest absolute Gasteiger partial charge is 0.508 e. The first-order valence-electron chi connectivity index (χ1n) is 13.9. The van der Waals surface area contributed by atoms with Crippen molar-refractivity contribution in [1.29, 1.82) is 0 Å². The predicted molar refractivity (Wildman–Crippen MR) is 162 cm³/mol. The van der Waals surface area contributed by atoms with Crippen LogP contribution in [-0.2, 0) is 9.59 Å². The van der Waals surface area contributed by atoms with Crippen molar-refractivity contribution in [2.45, 2.75) is 90.0 Å². The van der Waals surface area contributed by atoms with Crippen molar-refractivity contribution in [3.8, 4) is 5.75 Å². The summed E-state index contributed by atoms with van der Waals surface area (Å²) >= 11 is 18.7. The maximum Gasteiger partial charge on any atom is 0.282 e. The van der Waals surface area contributed by atoms with Gasteiger partial charge in [-0.2, -0.15) is 15.2 Å². The third kappa shape index (κ3) is 9.75. The number of azo groups is 1. The van der Waals surface area contributed by atoms with Crippen molar-refractivity contribution in [3.63, 3.8) is 0 Å². The first kappa shape index (κ1) is 31.8. The van der Waals surface area contributed by atoms with Crippen molar-refractivity contribution in [2.75, 3.05) is 5.01 Å². The Bertz CT molecular complexity index is 1180. The molecule has 2 aromatic carbocycles. The van der Waals surface area contributed by atoms with E-state index in [1.807, 2.05) is 0 Å². The van der Waals surface area contributed by atoms with E-state index in [-0.39, 0.29) is 33.2 Å². The quantitative estimate of drug-likeness (QED) is 0.156. The Hall–Kier alpha value is -2.68. The maximum atomic E-state index is 13.3. The molecule has 216 valence electrons. The Morgan fingerprint density at radius 3 is 2.05 bits per heavy atom. The zero-order chi connectivity index (χ0) is 28.9. The number of amidine groups is 1. The molecule has 0 saturated carbocycles. The number of halogens is 3. The van der Waals surface area contributed by atoms with Gasteiger partial charge in [-0.15, -0.1) is 5.10 Å². The molecule has 1 atom stereocenters. The van der Waals surface area contributed by atoms with E-state index in [1.54, 1.807) is 12.1 Å². The summed E-state index contributed by atoms with van der Waals surface area (Å²) in [5, 5.41) is 26.3. The number of hydrogen-bond donors (Lipinski definition) is 2. The number of phenolic OH excluding ortho intramolecular Hbond substituents is 1. The molecule has 0 fully saturated rings. The summed E-state index contributed by atoms with van der Waals surface area (Å²) in [6.07, 6.45) is 13.3. The van der Waals surface area contributed by atoms with E-state index in [2.05, 4.69) is 27.6 Å². The molecule has 40 heavy (non-hydrogen) atoms. The summed E-state index contributed by atoms with van der Waals surface area (Å²) in [5.41, 5.74) is 0.551. The van der Waals surface area contributed by atoms with Crippen LogP contribution < -0.4 is 10.3 Å². The summed E-state index contributed by atoms with van der Waals surface area (Å²) in [7, 11) is 0. The molecule has 0 spiro atoms. The molecule has 0 radical (unpaired) electrons. The molecular weight excluding hydrogens is 573 g/mol. The topological polar surface area (TPSA) is 107 Å². The van der Waals surface area contributed by atoms with Gasteiger partial charge < -0.3 is 10.4 Å². The molecule has 2 amide bonds. The van der Waals surface area contributed by atoms with Crippen molar-refractivity contribution >= 4 is 63.8 Å². The van der Waals surface area contributed by atoms with Gasteiger partial charge in [0.25, 0.3) is 5.91 Å². The average molecular weight is 609 g/mol. The molecule has 0 bridgehead atoms. The Balaban J connectivity index is 1.59. The second-order valence-electron chi connectivity index (χ2n) is 9.82. The first-order chi connectivity index (χ1) is 19.3. The summed E-state index contributed by atoms with van der Waals surface area (Å²) < 4.78 is 0. The Morgan fingerprint density at radius 2 is 1.48 bits per heavy atom. The zero-order valence-corrected chi connectivity index (χ0v) is 25.0. The lowest BCUT2D eigenvalue weighted by Gasteiger charge is -2.15. The van der Waals surface area contributed by atoms with Crippen molar-refractivity contribution < 1.29 is 14.7 Å². The van der Waals surface area contributed by atoms with E-state index >= 15 is 0 Å². The number of hydrazone groups is 1. The Labute approximate surface area is 250 Å². The van der Waals surface area contributed by atoms with E-state index in [0.29, 0.717) is 17.1 Å². The SMILES string of the molecule is CCCCCCCCCCCCCC(=O)NC1=NN(c2c(Cl)cc(Cl)cc2Cl)C(=O)C1N=Nc1ccc(O)cc1. The van der Waals surface area contributed by atoms with Crippen LogP contribution in [-0.4, -0.2) is 28.8 Å². The van der Waals surface area contributed by atoms with Gasteiger partial charge in [0.2, 0.25) is 11.9 Å². The predicted octanol–water partition coefficient (Wildman–Crippen LogP) is 8.98. The van der Waals surface area contributed by atoms with Gasteiger partial charge in [0, 0.05) is 11.4 Å². The van der Waals surface area contributed by atoms with Crippen LogP contribution in [0.3, 0.4) is 0 Å². The van der Waals surface area contributed by atoms with Crippen molar-refractivity contribution in [1.82, 2.24) is 5.32 Å². The van der Waals surface area contributed by atoms with Crippen LogP contribution in [0.1, 0.15) is 84.0 Å². The minimum absolute atomic E-state index is 0.0303. The first-order valence-corrected chi connectivity index (χ1v) is 15.0. The Kier molecular flexibility index (Phi) is 13.2. The molecule has 1 aliphatic heterocycles. The highest BCUT2D eigenvalue weighted by Crippen LogP contribution is 2.38. The smallest absolute Gasteiger partial charge is 0.282 e. The van der Waals surface area contributed by atoms with E-state index in [9.17, 15) is 14.7 Å². The highest BCUT2D eigenvalue weighted by atomic mass is 35.5. The lowest BCUT2D eigenvalue weighted by atomic mass is 10.1. The fourth-order valence-corrected chi connectivity index (χ4v) is 5.31. The number of rotatable bonds is 15. The highest BCUT2D eigenvalue weighted by molar-refractivity contribution is 6.43. The second kappa shape index (κ2) is 16.6. The number of phenols is 1. The van der Waals surface area contributed by atoms with Gasteiger partial charge in [-0.05, 0) is 42.8 Å². The lowest BCUT2D eigenvalue weighted by Crippen LogP contribution is -2.39. The molecule has 0 aliphatic carbocycles. The fourth-order valence-electron chi connectivity index (χ4n) is 4.34. The maximum absolute atomic E-state index is 13.3. The van der Waals surface area contributed by atoms with Crippen LogP contribution in [0.2, 0.25) is 15.1 Å². The molecule has 1 heterocycles. The molecule has 1 aliphatic rings. The normalized spacial score (nSPS) is 15.2. The number of anilines is 1. The lowest BCUT2D eigenvalue weighted by molar-refractivity contribution is -0.119. The van der Waals surface area contributed by atoms with E-state index in [4.69, 9.17) is 34.8 Å². The summed E-state index contributed by atoms with van der Waals surface area (Å²) in [6.45, 7) is 2.23. The van der Waals surface area contributed by atoms with Crippen LogP contribution in [0.25, 0.3) is 0 Å². The number of nitrogens with one attached hydrogen (secondary N) is 1. The zero-order valence-electron chi connectivity index (χ0n) is 22.7. The van der Waals surface area contributed by atoms with E-state index < -0.39 is 11.9 Å². The molecule has 11 heteroatoms. The molecule has 2 aromatic rings. The summed E-state index contributed by atoms with van der Waals surface area (Å²) in [6, 6.07) is 7.68. The third-order valence-corrected chi connectivity index (χ3v) is 7.31. The van der Waals surface area contributed by atoms with Gasteiger partial charge in [-0.1, -0.05) is 106 Å². The number of aromatic hydroxyl groups is 1. The molecule has 3 rings (SSSR count). The molecular formula is C29H36Cl3N5O3. The monoisotopic (exact) mass is 607 g/mol. The van der Waals surface area contributed by atoms with Crippen LogP contribution in [0, 0.1) is 0 Å². The average Bonchev–Trinajstić information content (AvgIpc) is 3.20. The molecule has 2 N–H and O–H groups in total. The van der Waals surface area contributed by atoms with Gasteiger partial charge >= 0.3 is 0 Å². The number of carbonyl (C=O) groups excluding carboxylic acids is 2. The van der Waals surface area contributed by atoms with Gasteiger partial charge in [-0.3, -0.25) is 9.59 Å². The number of amides is 2. The number of carbonyl (C=O) groups is 2. The van der Waals surface area contributed by atoms with Gasteiger partial charge in [0.15, 0.2) is 5.84 Å². The number of hydrogen-bond acceptors (Lipinski definition) is 6. The highest BCUT2D eigenvalue weighted by Gasteiger charge is 2.40. The second-order valence-corrected chi connectivity index (χ2v) is 11.1. The molecule has 0 aromatic heterocycles. The minimum Gasteiger partial charge on any atom is -0.508 e. The van der Waals surface area contributed by atoms with Crippen LogP contribution in [0.5, 0.6) is 5.75 Å². The standard InChI is InChI=1S/C29H36Cl3N5O3/c1-2-3-4-5-6-7-8-9-10-11-12-13-25(39)33-28-26(35-34-21-14-16-22(38)17-15-21)29(40)37(36-28)27-23(31)18-20(30)19-24(27)32/h14-19,26,38H,2-13H2,1H3,(H,33,36,39). The van der Waals surface area contributed by atoms with Crippen LogP contribution in [0.4, 0.5) is 11.4 Å². The number of nitrogens with zero attached hydrogens (tertiary/aromatic N) is 4. The number of benzene rings is 2. The van der Waals surface area contributed by atoms with Gasteiger partial charge in [0.1, 0.15) is 11.4 Å².